The third-order valence-corrected chi connectivity index (χ3v) is 2.89. The van der Waals surface area contributed by atoms with Crippen molar-refractivity contribution in [3.63, 3.8) is 0 Å². The molecular weight excluding hydrogens is 222 g/mol. The molecule has 0 fully saturated rings. The molecule has 1 rings (SSSR count). The lowest BCUT2D eigenvalue weighted by Crippen LogP contribution is -2.36. The highest BCUT2D eigenvalue weighted by Gasteiger charge is 2.13. The van der Waals surface area contributed by atoms with Crippen LogP contribution in [0.2, 0.25) is 0 Å². The molecular formula is C11H17N3OS. The first-order valence-electron chi connectivity index (χ1n) is 5.11. The summed E-state index contributed by atoms with van der Waals surface area (Å²) in [7, 11) is 0. The van der Waals surface area contributed by atoms with Crippen LogP contribution >= 0.6 is 11.8 Å². The highest BCUT2D eigenvalue weighted by molar-refractivity contribution is 7.98. The molecule has 1 aromatic rings. The van der Waals surface area contributed by atoms with Crippen LogP contribution in [-0.4, -0.2) is 28.9 Å². The summed E-state index contributed by atoms with van der Waals surface area (Å²) in [4.78, 5) is 15.7. The summed E-state index contributed by atoms with van der Waals surface area (Å²) in [5, 5.41) is 2.81. The van der Waals surface area contributed by atoms with E-state index in [0.717, 1.165) is 17.0 Å². The zero-order valence-corrected chi connectivity index (χ0v) is 10.4. The molecule has 0 unspecified atom stereocenters. The van der Waals surface area contributed by atoms with Crippen LogP contribution in [0.4, 0.5) is 5.69 Å². The smallest absolute Gasteiger partial charge is 0.241 e. The summed E-state index contributed by atoms with van der Waals surface area (Å²) in [6, 6.07) is 1.33. The Morgan fingerprint density at radius 3 is 3.06 bits per heavy atom. The number of hydrogen-bond donors (Lipinski definition) is 2. The van der Waals surface area contributed by atoms with E-state index in [1.807, 2.05) is 13.2 Å². The SMILES string of the molecule is CSCC[C@@H](N)C(=O)Nc1ccncc1C. The number of carbonyl (C=O) groups excluding carboxylic acids is 1. The monoisotopic (exact) mass is 239 g/mol. The van der Waals surface area contributed by atoms with E-state index in [1.54, 1.807) is 30.2 Å². The number of aromatic nitrogens is 1. The second kappa shape index (κ2) is 6.50. The minimum Gasteiger partial charge on any atom is -0.324 e. The first kappa shape index (κ1) is 13.0. The van der Waals surface area contributed by atoms with E-state index in [4.69, 9.17) is 5.73 Å². The van der Waals surface area contributed by atoms with Gasteiger partial charge < -0.3 is 11.1 Å². The van der Waals surface area contributed by atoms with Gasteiger partial charge in [0.1, 0.15) is 0 Å². The molecule has 1 heterocycles. The minimum atomic E-state index is -0.444. The van der Waals surface area contributed by atoms with Gasteiger partial charge >= 0.3 is 0 Å². The number of carbonyl (C=O) groups is 1. The van der Waals surface area contributed by atoms with Gasteiger partial charge in [-0.25, -0.2) is 0 Å². The van der Waals surface area contributed by atoms with E-state index < -0.39 is 6.04 Å². The number of anilines is 1. The van der Waals surface area contributed by atoms with Gasteiger partial charge in [-0.2, -0.15) is 11.8 Å². The van der Waals surface area contributed by atoms with Crippen LogP contribution in [0.5, 0.6) is 0 Å². The van der Waals surface area contributed by atoms with Crippen LogP contribution in [0.3, 0.4) is 0 Å². The van der Waals surface area contributed by atoms with E-state index in [0.29, 0.717) is 6.42 Å². The lowest BCUT2D eigenvalue weighted by Gasteiger charge is -2.12. The maximum atomic E-state index is 11.7. The molecule has 0 saturated carbocycles. The van der Waals surface area contributed by atoms with Gasteiger partial charge in [0.25, 0.3) is 0 Å². The van der Waals surface area contributed by atoms with E-state index in [2.05, 4.69) is 10.3 Å². The minimum absolute atomic E-state index is 0.136. The van der Waals surface area contributed by atoms with Crippen molar-refractivity contribution in [2.45, 2.75) is 19.4 Å². The summed E-state index contributed by atoms with van der Waals surface area (Å²) in [6.07, 6.45) is 6.05. The Morgan fingerprint density at radius 2 is 2.44 bits per heavy atom. The number of rotatable bonds is 5. The molecule has 0 aromatic carbocycles. The predicted octanol–water partition coefficient (Wildman–Crippen LogP) is 1.41. The third kappa shape index (κ3) is 3.83. The number of aryl methyl sites for hydroxylation is 1. The van der Waals surface area contributed by atoms with Gasteiger partial charge in [-0.3, -0.25) is 9.78 Å². The Hall–Kier alpha value is -1.07. The van der Waals surface area contributed by atoms with Gasteiger partial charge in [-0.05, 0) is 37.0 Å². The second-order valence-electron chi connectivity index (χ2n) is 3.57. The van der Waals surface area contributed by atoms with Crippen LogP contribution < -0.4 is 11.1 Å². The number of pyridine rings is 1. The molecule has 0 aliphatic heterocycles. The Bertz CT molecular complexity index is 357. The van der Waals surface area contributed by atoms with Crippen molar-refractivity contribution in [2.24, 2.45) is 5.73 Å². The van der Waals surface area contributed by atoms with Crippen LogP contribution in [0.25, 0.3) is 0 Å². The van der Waals surface area contributed by atoms with Gasteiger partial charge in [0.15, 0.2) is 0 Å². The molecule has 0 aliphatic carbocycles. The molecule has 88 valence electrons. The van der Waals surface area contributed by atoms with Crippen molar-refractivity contribution in [3.8, 4) is 0 Å². The molecule has 0 spiro atoms. The lowest BCUT2D eigenvalue weighted by molar-refractivity contribution is -0.117. The highest BCUT2D eigenvalue weighted by Crippen LogP contribution is 2.12. The third-order valence-electron chi connectivity index (χ3n) is 2.25. The Kier molecular flexibility index (Phi) is 5.28. The first-order valence-corrected chi connectivity index (χ1v) is 6.50. The van der Waals surface area contributed by atoms with E-state index >= 15 is 0 Å². The van der Waals surface area contributed by atoms with E-state index in [-0.39, 0.29) is 5.91 Å². The van der Waals surface area contributed by atoms with Crippen molar-refractivity contribution in [2.75, 3.05) is 17.3 Å². The molecule has 0 radical (unpaired) electrons. The summed E-state index contributed by atoms with van der Waals surface area (Å²) in [6.45, 7) is 1.90. The quantitative estimate of drug-likeness (QED) is 0.815. The van der Waals surface area contributed by atoms with Gasteiger partial charge in [-0.1, -0.05) is 0 Å². The molecule has 5 heteroatoms. The van der Waals surface area contributed by atoms with Crippen LogP contribution in [0.1, 0.15) is 12.0 Å². The Balaban J connectivity index is 2.54. The van der Waals surface area contributed by atoms with E-state index in [9.17, 15) is 4.79 Å². The topological polar surface area (TPSA) is 68.0 Å². The predicted molar refractivity (Wildman–Crippen MR) is 68.6 cm³/mol. The van der Waals surface area contributed by atoms with Gasteiger partial charge in [0, 0.05) is 18.1 Å². The van der Waals surface area contributed by atoms with Crippen LogP contribution in [-0.2, 0) is 4.79 Å². The maximum Gasteiger partial charge on any atom is 0.241 e. The molecule has 1 atom stereocenters. The Labute approximate surface area is 100 Å². The van der Waals surface area contributed by atoms with Crippen molar-refractivity contribution in [1.82, 2.24) is 4.98 Å². The zero-order chi connectivity index (χ0) is 12.0. The molecule has 0 aliphatic rings. The van der Waals surface area contributed by atoms with Crippen LogP contribution in [0.15, 0.2) is 18.5 Å². The fraction of sp³-hybridized carbons (Fsp3) is 0.455. The van der Waals surface area contributed by atoms with Crippen molar-refractivity contribution in [1.29, 1.82) is 0 Å². The first-order chi connectivity index (χ1) is 7.65. The summed E-state index contributed by atoms with van der Waals surface area (Å²) in [5.74, 6) is 0.757. The Morgan fingerprint density at radius 1 is 1.69 bits per heavy atom. The largest absolute Gasteiger partial charge is 0.324 e. The summed E-state index contributed by atoms with van der Waals surface area (Å²) < 4.78 is 0. The number of nitrogens with zero attached hydrogens (tertiary/aromatic N) is 1. The number of hydrogen-bond acceptors (Lipinski definition) is 4. The standard InChI is InChI=1S/C11H17N3OS/c1-8-7-13-5-3-10(8)14-11(15)9(12)4-6-16-2/h3,5,7,9H,4,6,12H2,1-2H3,(H,13,14,15)/t9-/m1/s1. The van der Waals surface area contributed by atoms with Gasteiger partial charge in [0.2, 0.25) is 5.91 Å². The van der Waals surface area contributed by atoms with E-state index in [1.165, 1.54) is 0 Å². The summed E-state index contributed by atoms with van der Waals surface area (Å²) in [5.41, 5.74) is 7.48. The number of thioether (sulfide) groups is 1. The number of amides is 1. The average molecular weight is 239 g/mol. The average Bonchev–Trinajstić information content (AvgIpc) is 2.28. The number of nitrogens with two attached hydrogens (primary N) is 1. The van der Waals surface area contributed by atoms with Gasteiger partial charge in [-0.15, -0.1) is 0 Å². The zero-order valence-electron chi connectivity index (χ0n) is 9.56. The fourth-order valence-electron chi connectivity index (χ4n) is 1.21. The molecule has 16 heavy (non-hydrogen) atoms. The molecule has 0 bridgehead atoms. The highest BCUT2D eigenvalue weighted by atomic mass is 32.2. The van der Waals surface area contributed by atoms with Gasteiger partial charge in [0.05, 0.1) is 6.04 Å². The number of nitrogens with one attached hydrogen (secondary N) is 1. The molecule has 4 nitrogen and oxygen atoms in total. The summed E-state index contributed by atoms with van der Waals surface area (Å²) >= 11 is 1.69. The lowest BCUT2D eigenvalue weighted by atomic mass is 10.2. The second-order valence-corrected chi connectivity index (χ2v) is 4.55. The van der Waals surface area contributed by atoms with Crippen molar-refractivity contribution >= 4 is 23.4 Å². The molecule has 3 N–H and O–H groups in total. The normalized spacial score (nSPS) is 12.2. The van der Waals surface area contributed by atoms with Crippen molar-refractivity contribution < 1.29 is 4.79 Å². The maximum absolute atomic E-state index is 11.7. The molecule has 1 amide bonds. The molecule has 0 saturated heterocycles. The van der Waals surface area contributed by atoms with Crippen LogP contribution in [0, 0.1) is 6.92 Å². The van der Waals surface area contributed by atoms with Crippen molar-refractivity contribution in [3.05, 3.63) is 24.0 Å². The molecule has 1 aromatic heterocycles. The fourth-order valence-corrected chi connectivity index (χ4v) is 1.70.